The van der Waals surface area contributed by atoms with Gasteiger partial charge in [-0.3, -0.25) is 9.59 Å². The second kappa shape index (κ2) is 25.4. The van der Waals surface area contributed by atoms with Gasteiger partial charge in [-0.15, -0.1) is 0 Å². The van der Waals surface area contributed by atoms with Gasteiger partial charge in [0.15, 0.2) is 0 Å². The molecule has 1 aliphatic heterocycles. The van der Waals surface area contributed by atoms with Crippen molar-refractivity contribution >= 4 is 17.8 Å². The first kappa shape index (κ1) is 48.4. The molecule has 3 N–H and O–H groups in total. The minimum atomic E-state index is -1.59. The zero-order valence-electron chi connectivity index (χ0n) is 37.5. The fourth-order valence-electron chi connectivity index (χ4n) is 8.05. The molecule has 12 nitrogen and oxygen atoms in total. The van der Waals surface area contributed by atoms with E-state index in [9.17, 15) is 19.5 Å². The maximum atomic E-state index is 14.5. The third-order valence-corrected chi connectivity index (χ3v) is 11.5. The van der Waals surface area contributed by atoms with Gasteiger partial charge in [0.05, 0.1) is 52.4 Å². The Balaban J connectivity index is 1.23. The van der Waals surface area contributed by atoms with Crippen LogP contribution >= 0.6 is 0 Å². The summed E-state index contributed by atoms with van der Waals surface area (Å²) < 4.78 is 38.9. The van der Waals surface area contributed by atoms with Gasteiger partial charge in [-0.05, 0) is 39.9 Å². The quantitative estimate of drug-likeness (QED) is 0.0565. The number of rotatable bonds is 23. The van der Waals surface area contributed by atoms with Gasteiger partial charge >= 0.3 is 5.97 Å². The normalized spacial score (nSPS) is 19.3. The predicted molar refractivity (Wildman–Crippen MR) is 252 cm³/mol. The number of nitrogens with one attached hydrogen (secondary N) is 2. The van der Waals surface area contributed by atoms with Crippen LogP contribution in [0.2, 0.25) is 0 Å². The first-order valence-electron chi connectivity index (χ1n) is 22.5. The average Bonchev–Trinajstić information content (AvgIpc) is 3.37. The number of carbonyl (C=O) groups excluding carboxylic acids is 3. The van der Waals surface area contributed by atoms with Crippen molar-refractivity contribution < 1.29 is 47.9 Å². The van der Waals surface area contributed by atoms with Crippen molar-refractivity contribution in [3.63, 3.8) is 0 Å². The van der Waals surface area contributed by atoms with Crippen molar-refractivity contribution in [1.29, 1.82) is 0 Å². The van der Waals surface area contributed by atoms with E-state index in [1.807, 2.05) is 152 Å². The minimum Gasteiger partial charge on any atom is -0.467 e. The number of esters is 1. The van der Waals surface area contributed by atoms with E-state index in [2.05, 4.69) is 10.6 Å². The van der Waals surface area contributed by atoms with Crippen molar-refractivity contribution in [2.45, 2.75) is 88.0 Å². The third-order valence-electron chi connectivity index (χ3n) is 11.5. The molecule has 2 unspecified atom stereocenters. The summed E-state index contributed by atoms with van der Waals surface area (Å²) in [6, 6.07) is 53.8. The van der Waals surface area contributed by atoms with Crippen molar-refractivity contribution in [2.75, 3.05) is 13.7 Å². The van der Waals surface area contributed by atoms with Gasteiger partial charge in [0.2, 0.25) is 5.91 Å². The van der Waals surface area contributed by atoms with Gasteiger partial charge in [0.25, 0.3) is 5.91 Å². The van der Waals surface area contributed by atoms with Crippen LogP contribution in [0.4, 0.5) is 0 Å². The summed E-state index contributed by atoms with van der Waals surface area (Å²) in [5.74, 6) is -2.10. The van der Waals surface area contributed by atoms with Crippen LogP contribution in [-0.2, 0) is 70.9 Å². The molecule has 67 heavy (non-hydrogen) atoms. The highest BCUT2D eigenvalue weighted by Crippen LogP contribution is 2.33. The molecule has 7 rings (SSSR count). The number of methoxy groups -OCH3 is 1. The van der Waals surface area contributed by atoms with Crippen molar-refractivity contribution in [3.05, 3.63) is 215 Å². The first-order chi connectivity index (χ1) is 32.8. The Labute approximate surface area is 392 Å². The molecule has 0 radical (unpaired) electrons. The zero-order chi connectivity index (χ0) is 46.6. The highest BCUT2D eigenvalue weighted by Gasteiger charge is 2.50. The smallest absolute Gasteiger partial charge is 0.328 e. The Bertz CT molecular complexity index is 2380. The molecule has 0 spiro atoms. The number of hydrogen-bond donors (Lipinski definition) is 3. The Morgan fingerprint density at radius 3 is 1.43 bits per heavy atom. The Morgan fingerprint density at radius 1 is 0.537 bits per heavy atom. The van der Waals surface area contributed by atoms with Gasteiger partial charge in [-0.2, -0.15) is 0 Å². The standard InChI is InChI=1S/C55H58N2O10/c1-62-55(61)45(32-39-20-8-2-9-21-39)56-54(60)49(57-53(59)44-30-18-7-19-31-44)46(58)33-47-50(64-35-41-24-12-4-13-25-41)52(66-37-43-28-16-6-17-29-43)51(65-36-42-26-14-5-15-27-42)48(67-47)38-63-34-40-22-10-3-11-23-40/h2-31,45-52,58H,32-38H2,1H3,(H,56,60)(H,57,59)/t45-,46?,47+,48+,49?,50-,51+,52+/m0/s1. The lowest BCUT2D eigenvalue weighted by molar-refractivity contribution is -0.276. The largest absolute Gasteiger partial charge is 0.467 e. The number of benzene rings is 6. The van der Waals surface area contributed by atoms with Crippen LogP contribution in [0.25, 0.3) is 0 Å². The van der Waals surface area contributed by atoms with E-state index in [4.69, 9.17) is 28.4 Å². The number of amides is 2. The second-order valence-electron chi connectivity index (χ2n) is 16.4. The first-order valence-corrected chi connectivity index (χ1v) is 22.5. The summed E-state index contributed by atoms with van der Waals surface area (Å²) in [5.41, 5.74) is 4.74. The molecule has 12 heteroatoms. The SMILES string of the molecule is COC(=O)[C@H](Cc1ccccc1)NC(=O)C(NC(=O)c1ccccc1)C(O)C[C@H]1O[C@H](COCc2ccccc2)[C@@H](OCc2ccccc2)[C@H](OCc2ccccc2)[C@H]1OCc1ccccc1. The van der Waals surface area contributed by atoms with Gasteiger partial charge < -0.3 is 44.2 Å². The van der Waals surface area contributed by atoms with E-state index in [0.29, 0.717) is 6.61 Å². The second-order valence-corrected chi connectivity index (χ2v) is 16.4. The maximum Gasteiger partial charge on any atom is 0.328 e. The molecule has 1 aliphatic rings. The Hall–Kier alpha value is -6.51. The minimum absolute atomic E-state index is 0.0759. The number of aliphatic hydroxyl groups is 1. The van der Waals surface area contributed by atoms with Crippen molar-refractivity contribution in [3.8, 4) is 0 Å². The van der Waals surface area contributed by atoms with Crippen LogP contribution in [0.15, 0.2) is 182 Å². The van der Waals surface area contributed by atoms with E-state index < -0.39 is 66.5 Å². The van der Waals surface area contributed by atoms with E-state index >= 15 is 0 Å². The van der Waals surface area contributed by atoms with Crippen LogP contribution in [-0.4, -0.2) is 85.3 Å². The Morgan fingerprint density at radius 2 is 0.955 bits per heavy atom. The lowest BCUT2D eigenvalue weighted by Crippen LogP contribution is -2.63. The maximum absolute atomic E-state index is 14.5. The highest BCUT2D eigenvalue weighted by atomic mass is 16.6. The lowest BCUT2D eigenvalue weighted by Gasteiger charge is -2.47. The summed E-state index contributed by atoms with van der Waals surface area (Å²) >= 11 is 0. The summed E-state index contributed by atoms with van der Waals surface area (Å²) in [7, 11) is 1.24. The number of ether oxygens (including phenoxy) is 6. The summed E-state index contributed by atoms with van der Waals surface area (Å²) in [4.78, 5) is 41.5. The Kier molecular flexibility index (Phi) is 18.4. The van der Waals surface area contributed by atoms with Crippen molar-refractivity contribution in [2.24, 2.45) is 0 Å². The van der Waals surface area contributed by atoms with Crippen LogP contribution in [0.3, 0.4) is 0 Å². The predicted octanol–water partition coefficient (Wildman–Crippen LogP) is 7.18. The molecule has 1 fully saturated rings. The number of hydrogen-bond acceptors (Lipinski definition) is 10. The lowest BCUT2D eigenvalue weighted by atomic mass is 9.89. The molecule has 2 amide bonds. The van der Waals surface area contributed by atoms with Gasteiger partial charge in [-0.25, -0.2) is 4.79 Å². The fourth-order valence-corrected chi connectivity index (χ4v) is 8.05. The topological polar surface area (TPSA) is 151 Å². The van der Waals surface area contributed by atoms with Gasteiger partial charge in [-0.1, -0.05) is 170 Å². The van der Waals surface area contributed by atoms with E-state index in [1.165, 1.54) is 7.11 Å². The molecule has 0 aromatic heterocycles. The molecular weight excluding hydrogens is 849 g/mol. The summed E-state index contributed by atoms with van der Waals surface area (Å²) in [6.07, 6.45) is -5.86. The van der Waals surface area contributed by atoms with Crippen LogP contribution in [0, 0.1) is 0 Å². The highest BCUT2D eigenvalue weighted by molar-refractivity contribution is 5.98. The van der Waals surface area contributed by atoms with Gasteiger partial charge in [0, 0.05) is 18.4 Å². The summed E-state index contributed by atoms with van der Waals surface area (Å²) in [6.45, 7) is 0.949. The molecule has 6 aromatic carbocycles. The summed E-state index contributed by atoms with van der Waals surface area (Å²) in [5, 5.41) is 17.9. The third kappa shape index (κ3) is 14.5. The van der Waals surface area contributed by atoms with Crippen molar-refractivity contribution in [1.82, 2.24) is 10.6 Å². The molecule has 6 aromatic rings. The molecule has 1 saturated heterocycles. The fraction of sp³-hybridized carbons (Fsp3) is 0.291. The zero-order valence-corrected chi connectivity index (χ0v) is 37.5. The molecule has 0 aliphatic carbocycles. The number of aliphatic hydroxyl groups excluding tert-OH is 1. The average molecular weight is 907 g/mol. The molecule has 1 heterocycles. The molecule has 348 valence electrons. The monoisotopic (exact) mass is 906 g/mol. The molecule has 0 bridgehead atoms. The number of carbonyl (C=O) groups is 3. The van der Waals surface area contributed by atoms with Gasteiger partial charge in [0.1, 0.15) is 36.5 Å². The van der Waals surface area contributed by atoms with E-state index in [1.54, 1.807) is 30.3 Å². The van der Waals surface area contributed by atoms with E-state index in [-0.39, 0.29) is 44.8 Å². The van der Waals surface area contributed by atoms with E-state index in [0.717, 1.165) is 27.8 Å². The van der Waals surface area contributed by atoms with Crippen LogP contribution in [0.5, 0.6) is 0 Å². The van der Waals surface area contributed by atoms with Crippen LogP contribution in [0.1, 0.15) is 44.6 Å². The molecular formula is C55H58N2O10. The van der Waals surface area contributed by atoms with Crippen LogP contribution < -0.4 is 10.6 Å². The molecule has 0 saturated carbocycles. The molecule has 8 atom stereocenters.